The van der Waals surface area contributed by atoms with Crippen molar-refractivity contribution in [1.82, 2.24) is 9.88 Å². The number of hydrogen-bond donors (Lipinski definition) is 1. The Morgan fingerprint density at radius 1 is 0.667 bits per heavy atom. The number of aromatic nitrogens is 1. The van der Waals surface area contributed by atoms with Crippen LogP contribution in [0.2, 0.25) is 0 Å². The fourth-order valence-electron chi connectivity index (χ4n) is 7.00. The zero-order valence-electron chi connectivity index (χ0n) is 24.8. The predicted octanol–water partition coefficient (Wildman–Crippen LogP) is 9.97. The summed E-state index contributed by atoms with van der Waals surface area (Å²) in [5.41, 5.74) is 5.88. The largest absolute Gasteiger partial charge is 0.328 e. The molecule has 3 unspecified atom stereocenters. The molecular formula is C40H30N4S. The normalized spacial score (nSPS) is 19.9. The molecule has 5 aromatic carbocycles. The Balaban J connectivity index is 1.18. The number of fused-ring (bicyclic) bond motifs is 6. The van der Waals surface area contributed by atoms with Gasteiger partial charge in [0.25, 0.3) is 0 Å². The Morgan fingerprint density at radius 3 is 2.24 bits per heavy atom. The van der Waals surface area contributed by atoms with E-state index in [4.69, 9.17) is 9.98 Å². The molecule has 1 aliphatic heterocycles. The summed E-state index contributed by atoms with van der Waals surface area (Å²) in [6.07, 6.45) is 6.47. The van der Waals surface area contributed by atoms with Crippen molar-refractivity contribution in [3.63, 3.8) is 0 Å². The second-order valence-corrected chi connectivity index (χ2v) is 13.0. The molecule has 0 fully saturated rings. The van der Waals surface area contributed by atoms with Gasteiger partial charge in [0.1, 0.15) is 11.7 Å². The highest BCUT2D eigenvalue weighted by atomic mass is 32.1. The number of rotatable bonds is 4. The summed E-state index contributed by atoms with van der Waals surface area (Å²) in [7, 11) is 0. The summed E-state index contributed by atoms with van der Waals surface area (Å²) in [6, 6.07) is 43.1. The fourth-order valence-corrected chi connectivity index (χ4v) is 8.13. The van der Waals surface area contributed by atoms with Crippen molar-refractivity contribution in [2.24, 2.45) is 21.8 Å². The molecule has 0 saturated carbocycles. The number of para-hydroxylation sites is 1. The number of aliphatic imine (C=N–C) groups is 2. The molecule has 1 aliphatic carbocycles. The van der Waals surface area contributed by atoms with Gasteiger partial charge in [-0.25, -0.2) is 9.98 Å². The zero-order chi connectivity index (χ0) is 29.9. The van der Waals surface area contributed by atoms with Crippen LogP contribution in [0.15, 0.2) is 150 Å². The van der Waals surface area contributed by atoms with E-state index < -0.39 is 0 Å². The Morgan fingerprint density at radius 2 is 1.40 bits per heavy atom. The lowest BCUT2D eigenvalue weighted by Gasteiger charge is -2.32. The summed E-state index contributed by atoms with van der Waals surface area (Å²) in [6.45, 7) is 2.33. The Labute approximate surface area is 265 Å². The van der Waals surface area contributed by atoms with Crippen molar-refractivity contribution in [3.05, 3.63) is 151 Å². The first-order chi connectivity index (χ1) is 22.2. The number of nitrogens with zero attached hydrogens (tertiary/aromatic N) is 3. The van der Waals surface area contributed by atoms with Gasteiger partial charge >= 0.3 is 0 Å². The smallest absolute Gasteiger partial charge is 0.169 e. The van der Waals surface area contributed by atoms with Crippen molar-refractivity contribution in [3.8, 4) is 0 Å². The van der Waals surface area contributed by atoms with Gasteiger partial charge in [-0.05, 0) is 35.9 Å². The van der Waals surface area contributed by atoms with Crippen LogP contribution in [-0.4, -0.2) is 16.2 Å². The topological polar surface area (TPSA) is 41.7 Å². The van der Waals surface area contributed by atoms with Gasteiger partial charge in [-0.1, -0.05) is 116 Å². The van der Waals surface area contributed by atoms with Crippen LogP contribution in [0.5, 0.6) is 0 Å². The van der Waals surface area contributed by atoms with Gasteiger partial charge in [0.15, 0.2) is 6.17 Å². The third-order valence-electron chi connectivity index (χ3n) is 9.24. The van der Waals surface area contributed by atoms with Crippen molar-refractivity contribution < 1.29 is 0 Å². The maximum atomic E-state index is 5.24. The standard InChI is InChI=1S/C40H30N4S/c1-25-28(40-42-38(26-13-4-2-5-14-26)41-39(43-40)27-15-6-3-7-16-27)19-12-21-33(25)44-34-20-10-8-17-29(34)31-24-37-32(23-35(31)44)30-18-9-11-22-36(30)45-37/h2-25,28,38H,1H3,(H,41,42,43). The number of benzene rings is 5. The lowest BCUT2D eigenvalue weighted by molar-refractivity contribution is 0.607. The molecule has 0 radical (unpaired) electrons. The molecule has 45 heavy (non-hydrogen) atoms. The first-order valence-electron chi connectivity index (χ1n) is 15.5. The Bertz CT molecular complexity index is 2370. The fraction of sp³-hybridized carbons (Fsp3) is 0.100. The van der Waals surface area contributed by atoms with E-state index in [2.05, 4.69) is 144 Å². The van der Waals surface area contributed by atoms with E-state index in [9.17, 15) is 0 Å². The number of thiophene rings is 1. The van der Waals surface area contributed by atoms with Gasteiger partial charge < -0.3 is 9.88 Å². The van der Waals surface area contributed by atoms with Crippen LogP contribution in [0.25, 0.3) is 47.7 Å². The second-order valence-electron chi connectivity index (χ2n) is 11.9. The molecule has 7 aromatic rings. The summed E-state index contributed by atoms with van der Waals surface area (Å²) >= 11 is 1.88. The average Bonchev–Trinajstić information content (AvgIpc) is 3.63. The number of allylic oxidation sites excluding steroid dienone is 3. The molecule has 4 nitrogen and oxygen atoms in total. The molecule has 3 heterocycles. The molecule has 0 bridgehead atoms. The van der Waals surface area contributed by atoms with Crippen molar-refractivity contribution in [2.45, 2.75) is 13.1 Å². The van der Waals surface area contributed by atoms with Gasteiger partial charge in [0.05, 0.1) is 11.0 Å². The average molecular weight is 599 g/mol. The monoisotopic (exact) mass is 598 g/mol. The summed E-state index contributed by atoms with van der Waals surface area (Å²) in [5, 5.41) is 8.87. The van der Waals surface area contributed by atoms with Crippen molar-refractivity contribution in [2.75, 3.05) is 0 Å². The maximum absolute atomic E-state index is 5.24. The molecular weight excluding hydrogens is 569 g/mol. The van der Waals surface area contributed by atoms with Crippen LogP contribution >= 0.6 is 11.3 Å². The maximum Gasteiger partial charge on any atom is 0.169 e. The first-order valence-corrected chi connectivity index (χ1v) is 16.3. The number of nitrogens with one attached hydrogen (secondary N) is 1. The van der Waals surface area contributed by atoms with E-state index >= 15 is 0 Å². The highest BCUT2D eigenvalue weighted by Gasteiger charge is 2.32. The van der Waals surface area contributed by atoms with Gasteiger partial charge in [0, 0.05) is 54.0 Å². The molecule has 0 saturated heterocycles. The van der Waals surface area contributed by atoms with Crippen LogP contribution in [0.3, 0.4) is 0 Å². The van der Waals surface area contributed by atoms with E-state index in [1.165, 1.54) is 47.7 Å². The first kappa shape index (κ1) is 26.2. The third-order valence-corrected chi connectivity index (χ3v) is 10.4. The minimum atomic E-state index is -0.305. The van der Waals surface area contributed by atoms with E-state index in [1.807, 2.05) is 23.5 Å². The minimum Gasteiger partial charge on any atom is -0.328 e. The Hall–Kier alpha value is -5.26. The van der Waals surface area contributed by atoms with Gasteiger partial charge in [0.2, 0.25) is 0 Å². The van der Waals surface area contributed by atoms with E-state index in [0.29, 0.717) is 0 Å². The molecule has 0 amide bonds. The van der Waals surface area contributed by atoms with Crippen LogP contribution in [0, 0.1) is 11.8 Å². The van der Waals surface area contributed by atoms with Gasteiger partial charge in [-0.3, -0.25) is 0 Å². The highest BCUT2D eigenvalue weighted by molar-refractivity contribution is 7.25. The molecule has 216 valence electrons. The van der Waals surface area contributed by atoms with E-state index in [0.717, 1.165) is 22.8 Å². The van der Waals surface area contributed by atoms with Gasteiger partial charge in [-0.2, -0.15) is 0 Å². The summed E-state index contributed by atoms with van der Waals surface area (Å²) in [5.74, 6) is 2.00. The molecule has 9 rings (SSSR count). The van der Waals surface area contributed by atoms with Crippen LogP contribution in [0.4, 0.5) is 0 Å². The molecule has 2 aliphatic rings. The van der Waals surface area contributed by atoms with Crippen molar-refractivity contribution >= 4 is 70.7 Å². The minimum absolute atomic E-state index is 0.0485. The van der Waals surface area contributed by atoms with Crippen molar-refractivity contribution in [1.29, 1.82) is 0 Å². The molecule has 1 N–H and O–H groups in total. The SMILES string of the molecule is CC1C(n2c3ccccc3c3cc4sc5ccccc5c4cc32)=CC=CC1C1=NC(c2ccccc2)N=C(c2ccccc2)N1. The Kier molecular flexibility index (Phi) is 6.06. The summed E-state index contributed by atoms with van der Waals surface area (Å²) < 4.78 is 5.15. The van der Waals surface area contributed by atoms with E-state index in [-0.39, 0.29) is 18.0 Å². The lowest BCUT2D eigenvalue weighted by Crippen LogP contribution is -2.42. The summed E-state index contributed by atoms with van der Waals surface area (Å²) in [4.78, 5) is 10.3. The second kappa shape index (κ2) is 10.4. The molecule has 2 aromatic heterocycles. The third kappa shape index (κ3) is 4.26. The van der Waals surface area contributed by atoms with Gasteiger partial charge in [-0.15, -0.1) is 11.3 Å². The van der Waals surface area contributed by atoms with Crippen LogP contribution in [0.1, 0.15) is 24.2 Å². The predicted molar refractivity (Wildman–Crippen MR) is 191 cm³/mol. The molecule has 0 spiro atoms. The molecule has 5 heteroatoms. The zero-order valence-corrected chi connectivity index (χ0v) is 25.6. The lowest BCUT2D eigenvalue weighted by atomic mass is 9.85. The quantitative estimate of drug-likeness (QED) is 0.215. The highest BCUT2D eigenvalue weighted by Crippen LogP contribution is 2.43. The van der Waals surface area contributed by atoms with Crippen LogP contribution in [-0.2, 0) is 0 Å². The van der Waals surface area contributed by atoms with Crippen LogP contribution < -0.4 is 5.32 Å². The number of hydrogen-bond acceptors (Lipinski definition) is 4. The van der Waals surface area contributed by atoms with E-state index in [1.54, 1.807) is 0 Å². The number of amidine groups is 2. The molecule has 3 atom stereocenters.